The van der Waals surface area contributed by atoms with Crippen LogP contribution in [0.1, 0.15) is 26.7 Å². The molecule has 0 saturated carbocycles. The third kappa shape index (κ3) is 5.94. The van der Waals surface area contributed by atoms with Crippen molar-refractivity contribution in [3.63, 3.8) is 0 Å². The van der Waals surface area contributed by atoms with E-state index in [1.807, 2.05) is 60.7 Å². The quantitative estimate of drug-likeness (QED) is 0.596. The van der Waals surface area contributed by atoms with Gasteiger partial charge in [0.1, 0.15) is 0 Å². The van der Waals surface area contributed by atoms with E-state index >= 15 is 0 Å². The predicted octanol–water partition coefficient (Wildman–Crippen LogP) is 5.91. The van der Waals surface area contributed by atoms with Gasteiger partial charge in [-0.3, -0.25) is 0 Å². The number of rotatable bonds is 3. The van der Waals surface area contributed by atoms with Crippen LogP contribution in [0.25, 0.3) is 0 Å². The first-order valence-corrected chi connectivity index (χ1v) is 6.38. The van der Waals surface area contributed by atoms with Crippen molar-refractivity contribution in [2.75, 3.05) is 0 Å². The molecule has 2 heteroatoms. The van der Waals surface area contributed by atoms with Crippen molar-refractivity contribution >= 4 is 11.4 Å². The summed E-state index contributed by atoms with van der Waals surface area (Å²) in [5.41, 5.74) is 1.74. The Hall–Kier alpha value is -1.96. The van der Waals surface area contributed by atoms with Gasteiger partial charge >= 0.3 is 0 Å². The van der Waals surface area contributed by atoms with Crippen LogP contribution >= 0.6 is 0 Å². The molecule has 0 saturated heterocycles. The van der Waals surface area contributed by atoms with Crippen molar-refractivity contribution in [2.24, 2.45) is 10.2 Å². The number of hydrogen-bond donors (Lipinski definition) is 0. The maximum Gasteiger partial charge on any atom is 0.0857 e. The van der Waals surface area contributed by atoms with Crippen molar-refractivity contribution in [1.29, 1.82) is 0 Å². The molecule has 0 fully saturated rings. The van der Waals surface area contributed by atoms with Gasteiger partial charge in [0.05, 0.1) is 11.4 Å². The Balaban J connectivity index is 0.000000357. The number of benzene rings is 2. The van der Waals surface area contributed by atoms with Gasteiger partial charge in [-0.15, -0.1) is 0 Å². The van der Waals surface area contributed by atoms with Crippen molar-refractivity contribution in [2.45, 2.75) is 26.7 Å². The van der Waals surface area contributed by atoms with Crippen molar-refractivity contribution < 1.29 is 0 Å². The van der Waals surface area contributed by atoms with Gasteiger partial charge < -0.3 is 0 Å². The van der Waals surface area contributed by atoms with E-state index in [-0.39, 0.29) is 0 Å². The summed E-state index contributed by atoms with van der Waals surface area (Å²) >= 11 is 0. The molecular formula is C16H20N2. The molecule has 18 heavy (non-hydrogen) atoms. The molecule has 2 aromatic rings. The van der Waals surface area contributed by atoms with E-state index in [0.29, 0.717) is 0 Å². The Labute approximate surface area is 109 Å². The Morgan fingerprint density at radius 3 is 1.22 bits per heavy atom. The maximum atomic E-state index is 4.10. The van der Waals surface area contributed by atoms with Crippen molar-refractivity contribution in [3.05, 3.63) is 60.7 Å². The zero-order valence-corrected chi connectivity index (χ0v) is 11.1. The minimum atomic E-state index is 0.872. The Bertz CT molecular complexity index is 392. The fourth-order valence-corrected chi connectivity index (χ4v) is 1.10. The summed E-state index contributed by atoms with van der Waals surface area (Å²) in [6.45, 7) is 4.36. The monoisotopic (exact) mass is 240 g/mol. The minimum absolute atomic E-state index is 0.872. The largest absolute Gasteiger partial charge is 0.151 e. The number of nitrogens with zero attached hydrogens (tertiary/aromatic N) is 2. The lowest BCUT2D eigenvalue weighted by Gasteiger charge is -1.91. The summed E-state index contributed by atoms with van der Waals surface area (Å²) in [5.74, 6) is 0. The molecule has 0 aliphatic heterocycles. The molecule has 94 valence electrons. The smallest absolute Gasteiger partial charge is 0.0857 e. The summed E-state index contributed by atoms with van der Waals surface area (Å²) in [4.78, 5) is 0. The van der Waals surface area contributed by atoms with Gasteiger partial charge in [-0.25, -0.2) is 0 Å². The molecule has 0 unspecified atom stereocenters. The summed E-state index contributed by atoms with van der Waals surface area (Å²) in [6, 6.07) is 19.4. The fourth-order valence-electron chi connectivity index (χ4n) is 1.10. The van der Waals surface area contributed by atoms with Crippen LogP contribution in [0.3, 0.4) is 0 Å². The molecule has 0 atom stereocenters. The van der Waals surface area contributed by atoms with Crippen LogP contribution < -0.4 is 0 Å². The summed E-state index contributed by atoms with van der Waals surface area (Å²) < 4.78 is 0. The lowest BCUT2D eigenvalue weighted by molar-refractivity contribution is 0.886. The molecule has 0 aliphatic carbocycles. The van der Waals surface area contributed by atoms with Crippen LogP contribution in [0.2, 0.25) is 0 Å². The summed E-state index contributed by atoms with van der Waals surface area (Å²) in [7, 11) is 0. The molecule has 2 rings (SSSR count). The lowest BCUT2D eigenvalue weighted by atomic mass is 10.3. The molecule has 2 nitrogen and oxygen atoms in total. The zero-order chi connectivity index (χ0) is 13.1. The number of hydrogen-bond acceptors (Lipinski definition) is 2. The van der Waals surface area contributed by atoms with Gasteiger partial charge in [-0.05, 0) is 24.3 Å². The molecule has 0 spiro atoms. The zero-order valence-electron chi connectivity index (χ0n) is 11.1. The van der Waals surface area contributed by atoms with Crippen molar-refractivity contribution in [1.82, 2.24) is 0 Å². The Morgan fingerprint density at radius 2 is 0.944 bits per heavy atom. The first kappa shape index (κ1) is 14.1. The molecule has 2 aromatic carbocycles. The topological polar surface area (TPSA) is 24.7 Å². The van der Waals surface area contributed by atoms with Gasteiger partial charge in [0, 0.05) is 0 Å². The normalized spacial score (nSPS) is 9.89. The van der Waals surface area contributed by atoms with E-state index < -0.39 is 0 Å². The van der Waals surface area contributed by atoms with Crippen LogP contribution in [0.15, 0.2) is 70.9 Å². The average Bonchev–Trinajstić information content (AvgIpc) is 2.47. The van der Waals surface area contributed by atoms with E-state index in [2.05, 4.69) is 24.1 Å². The van der Waals surface area contributed by atoms with E-state index in [1.165, 1.54) is 12.8 Å². The molecule has 0 radical (unpaired) electrons. The fraction of sp³-hybridized carbons (Fsp3) is 0.250. The second kappa shape index (κ2) is 9.11. The Kier molecular flexibility index (Phi) is 7.14. The van der Waals surface area contributed by atoms with Crippen LogP contribution in [-0.2, 0) is 0 Å². The van der Waals surface area contributed by atoms with Gasteiger partial charge in [0.15, 0.2) is 0 Å². The minimum Gasteiger partial charge on any atom is -0.151 e. The molecular weight excluding hydrogens is 220 g/mol. The van der Waals surface area contributed by atoms with Crippen LogP contribution in [0.4, 0.5) is 11.4 Å². The highest BCUT2D eigenvalue weighted by atomic mass is 15.1. The molecule has 0 aromatic heterocycles. The number of unbranched alkanes of at least 4 members (excludes halogenated alkanes) is 1. The van der Waals surface area contributed by atoms with Gasteiger partial charge in [0.2, 0.25) is 0 Å². The third-order valence-corrected chi connectivity index (χ3v) is 2.29. The van der Waals surface area contributed by atoms with Gasteiger partial charge in [0.25, 0.3) is 0 Å². The lowest BCUT2D eigenvalue weighted by Crippen LogP contribution is -1.62. The molecule has 0 bridgehead atoms. The van der Waals surface area contributed by atoms with Crippen LogP contribution in [-0.4, -0.2) is 0 Å². The first-order valence-electron chi connectivity index (χ1n) is 6.38. The first-order chi connectivity index (χ1) is 8.86. The number of azo groups is 1. The second-order valence-electron chi connectivity index (χ2n) is 3.87. The average molecular weight is 240 g/mol. The van der Waals surface area contributed by atoms with Crippen LogP contribution in [0.5, 0.6) is 0 Å². The van der Waals surface area contributed by atoms with E-state index in [4.69, 9.17) is 0 Å². The van der Waals surface area contributed by atoms with Crippen LogP contribution in [0, 0.1) is 0 Å². The second-order valence-corrected chi connectivity index (χ2v) is 3.87. The molecule has 0 amide bonds. The molecule has 0 N–H and O–H groups in total. The highest BCUT2D eigenvalue weighted by Gasteiger charge is 1.86. The third-order valence-electron chi connectivity index (χ3n) is 2.29. The van der Waals surface area contributed by atoms with E-state index in [9.17, 15) is 0 Å². The SMILES string of the molecule is CCCC.c1ccc(N=Nc2ccccc2)cc1. The van der Waals surface area contributed by atoms with E-state index in [0.717, 1.165) is 11.4 Å². The summed E-state index contributed by atoms with van der Waals surface area (Å²) in [6.07, 6.45) is 2.64. The Morgan fingerprint density at radius 1 is 0.611 bits per heavy atom. The summed E-state index contributed by atoms with van der Waals surface area (Å²) in [5, 5.41) is 8.20. The highest BCUT2D eigenvalue weighted by molar-refractivity contribution is 5.39. The van der Waals surface area contributed by atoms with Gasteiger partial charge in [-0.2, -0.15) is 10.2 Å². The van der Waals surface area contributed by atoms with Crippen molar-refractivity contribution in [3.8, 4) is 0 Å². The highest BCUT2D eigenvalue weighted by Crippen LogP contribution is 2.16. The molecule has 0 aliphatic rings. The van der Waals surface area contributed by atoms with Gasteiger partial charge in [-0.1, -0.05) is 63.1 Å². The maximum absolute atomic E-state index is 4.10. The molecule has 0 heterocycles. The standard InChI is InChI=1S/C12H10N2.C4H10/c1-3-7-11(8-4-1)13-14-12-9-5-2-6-10-12;1-3-4-2/h1-10H;3-4H2,1-2H3. The predicted molar refractivity (Wildman–Crippen MR) is 77.6 cm³/mol. The van der Waals surface area contributed by atoms with E-state index in [1.54, 1.807) is 0 Å².